The SMILES string of the molecule is Cc1nc2c(c(NC3CCN(C(=O)c4cnccn4)CC3)n1)CCCC2. The van der Waals surface area contributed by atoms with Crippen molar-refractivity contribution < 1.29 is 4.79 Å². The van der Waals surface area contributed by atoms with Gasteiger partial charge >= 0.3 is 0 Å². The fourth-order valence-corrected chi connectivity index (χ4v) is 3.83. The minimum atomic E-state index is -0.0354. The second-order valence-corrected chi connectivity index (χ2v) is 7.05. The van der Waals surface area contributed by atoms with Gasteiger partial charge in [-0.15, -0.1) is 0 Å². The zero-order valence-corrected chi connectivity index (χ0v) is 15.1. The minimum Gasteiger partial charge on any atom is -0.367 e. The molecule has 0 saturated carbocycles. The van der Waals surface area contributed by atoms with E-state index in [2.05, 4.69) is 25.3 Å². The number of aryl methyl sites for hydroxylation is 2. The number of amides is 1. The molecular formula is C19H24N6O. The number of carbonyl (C=O) groups excluding carboxylic acids is 1. The first-order valence-corrected chi connectivity index (χ1v) is 9.39. The topological polar surface area (TPSA) is 83.9 Å². The first-order valence-electron chi connectivity index (χ1n) is 9.39. The van der Waals surface area contributed by atoms with Crippen molar-refractivity contribution in [2.75, 3.05) is 18.4 Å². The summed E-state index contributed by atoms with van der Waals surface area (Å²) in [5, 5.41) is 3.63. The van der Waals surface area contributed by atoms with Crippen LogP contribution >= 0.6 is 0 Å². The van der Waals surface area contributed by atoms with E-state index in [0.29, 0.717) is 11.7 Å². The molecule has 4 rings (SSSR count). The molecule has 3 heterocycles. The molecule has 2 aromatic rings. The van der Waals surface area contributed by atoms with Gasteiger partial charge in [0.15, 0.2) is 0 Å². The van der Waals surface area contributed by atoms with Crippen LogP contribution in [0, 0.1) is 6.92 Å². The fourth-order valence-electron chi connectivity index (χ4n) is 3.83. The first kappa shape index (κ1) is 16.9. The van der Waals surface area contributed by atoms with Gasteiger partial charge in [0.05, 0.1) is 6.20 Å². The molecule has 0 unspecified atom stereocenters. The Labute approximate surface area is 153 Å². The quantitative estimate of drug-likeness (QED) is 0.911. The van der Waals surface area contributed by atoms with Gasteiger partial charge in [-0.3, -0.25) is 9.78 Å². The summed E-state index contributed by atoms with van der Waals surface area (Å²) in [4.78, 5) is 31.7. The summed E-state index contributed by atoms with van der Waals surface area (Å²) in [5.74, 6) is 1.81. The van der Waals surface area contributed by atoms with Crippen LogP contribution in [0.25, 0.3) is 0 Å². The predicted octanol–water partition coefficient (Wildman–Crippen LogP) is 2.17. The van der Waals surface area contributed by atoms with Crippen molar-refractivity contribution in [3.63, 3.8) is 0 Å². The maximum atomic E-state index is 12.5. The van der Waals surface area contributed by atoms with Crippen LogP contribution in [0.1, 0.15) is 53.3 Å². The number of fused-ring (bicyclic) bond motifs is 1. The third-order valence-electron chi connectivity index (χ3n) is 5.20. The summed E-state index contributed by atoms with van der Waals surface area (Å²) in [5.41, 5.74) is 2.92. The second-order valence-electron chi connectivity index (χ2n) is 7.05. The maximum absolute atomic E-state index is 12.5. The lowest BCUT2D eigenvalue weighted by Gasteiger charge is -2.33. The van der Waals surface area contributed by atoms with E-state index in [1.165, 1.54) is 30.3 Å². The molecule has 26 heavy (non-hydrogen) atoms. The molecule has 0 aromatic carbocycles. The minimum absolute atomic E-state index is 0.0354. The highest BCUT2D eigenvalue weighted by Crippen LogP contribution is 2.27. The van der Waals surface area contributed by atoms with Gasteiger partial charge in [0.1, 0.15) is 17.3 Å². The molecule has 0 radical (unpaired) electrons. The largest absolute Gasteiger partial charge is 0.367 e. The Balaban J connectivity index is 1.40. The highest BCUT2D eigenvalue weighted by atomic mass is 16.2. The van der Waals surface area contributed by atoms with E-state index in [9.17, 15) is 4.79 Å². The Kier molecular flexibility index (Phi) is 4.77. The van der Waals surface area contributed by atoms with Crippen LogP contribution in [0.4, 0.5) is 5.82 Å². The van der Waals surface area contributed by atoms with Gasteiger partial charge in [-0.2, -0.15) is 0 Å². The third kappa shape index (κ3) is 3.52. The van der Waals surface area contributed by atoms with Crippen LogP contribution in [0.2, 0.25) is 0 Å². The Morgan fingerprint density at radius 2 is 1.96 bits per heavy atom. The summed E-state index contributed by atoms with van der Waals surface area (Å²) in [6.07, 6.45) is 11.0. The number of nitrogens with zero attached hydrogens (tertiary/aromatic N) is 5. The molecule has 0 atom stereocenters. The second kappa shape index (κ2) is 7.35. The molecule has 1 fully saturated rings. The van der Waals surface area contributed by atoms with Gasteiger partial charge in [-0.25, -0.2) is 15.0 Å². The van der Waals surface area contributed by atoms with Crippen LogP contribution < -0.4 is 5.32 Å². The Hall–Kier alpha value is -2.57. The molecule has 2 aromatic heterocycles. The lowest BCUT2D eigenvalue weighted by atomic mass is 9.95. The molecule has 7 nitrogen and oxygen atoms in total. The summed E-state index contributed by atoms with van der Waals surface area (Å²) in [6.45, 7) is 3.40. The normalized spacial score (nSPS) is 17.7. The van der Waals surface area contributed by atoms with Crippen LogP contribution in [-0.4, -0.2) is 49.9 Å². The molecule has 1 N–H and O–H groups in total. The van der Waals surface area contributed by atoms with Crippen LogP contribution in [0.5, 0.6) is 0 Å². The number of hydrogen-bond acceptors (Lipinski definition) is 6. The van der Waals surface area contributed by atoms with Gasteiger partial charge in [0.25, 0.3) is 5.91 Å². The zero-order valence-electron chi connectivity index (χ0n) is 15.1. The fraction of sp³-hybridized carbons (Fsp3) is 0.526. The first-order chi connectivity index (χ1) is 12.7. The molecule has 0 bridgehead atoms. The lowest BCUT2D eigenvalue weighted by Crippen LogP contribution is -2.43. The number of aromatic nitrogens is 4. The number of piperidine rings is 1. The average molecular weight is 352 g/mol. The maximum Gasteiger partial charge on any atom is 0.274 e. The summed E-state index contributed by atoms with van der Waals surface area (Å²) in [7, 11) is 0. The Bertz CT molecular complexity index is 786. The smallest absolute Gasteiger partial charge is 0.274 e. The van der Waals surface area contributed by atoms with Crippen LogP contribution in [-0.2, 0) is 12.8 Å². The number of anilines is 1. The van der Waals surface area contributed by atoms with Gasteiger partial charge in [0.2, 0.25) is 0 Å². The number of nitrogens with one attached hydrogen (secondary N) is 1. The van der Waals surface area contributed by atoms with E-state index in [0.717, 1.165) is 50.4 Å². The summed E-state index contributed by atoms with van der Waals surface area (Å²) < 4.78 is 0. The molecule has 0 spiro atoms. The molecular weight excluding hydrogens is 328 g/mol. The Morgan fingerprint density at radius 3 is 2.73 bits per heavy atom. The standard InChI is InChI=1S/C19H24N6O/c1-13-22-16-5-3-2-4-15(16)18(23-13)24-14-6-10-25(11-7-14)19(26)17-12-20-8-9-21-17/h8-9,12,14H,2-7,10-11H2,1H3,(H,22,23,24). The zero-order chi connectivity index (χ0) is 17.9. The van der Waals surface area contributed by atoms with Crippen molar-refractivity contribution in [1.82, 2.24) is 24.8 Å². The van der Waals surface area contributed by atoms with E-state index in [-0.39, 0.29) is 5.91 Å². The highest BCUT2D eigenvalue weighted by molar-refractivity contribution is 5.92. The van der Waals surface area contributed by atoms with Crippen molar-refractivity contribution in [3.05, 3.63) is 41.4 Å². The average Bonchev–Trinajstić information content (AvgIpc) is 2.68. The van der Waals surface area contributed by atoms with E-state index in [1.807, 2.05) is 11.8 Å². The van der Waals surface area contributed by atoms with Gasteiger partial charge in [-0.05, 0) is 45.4 Å². The summed E-state index contributed by atoms with van der Waals surface area (Å²) in [6, 6.07) is 0.334. The number of likely N-dealkylation sites (tertiary alicyclic amines) is 1. The molecule has 7 heteroatoms. The summed E-state index contributed by atoms with van der Waals surface area (Å²) >= 11 is 0. The van der Waals surface area contributed by atoms with Crippen molar-refractivity contribution >= 4 is 11.7 Å². The van der Waals surface area contributed by atoms with E-state index in [1.54, 1.807) is 12.4 Å². The number of hydrogen-bond donors (Lipinski definition) is 1. The van der Waals surface area contributed by atoms with Crippen LogP contribution in [0.15, 0.2) is 18.6 Å². The lowest BCUT2D eigenvalue weighted by molar-refractivity contribution is 0.0712. The van der Waals surface area contributed by atoms with Crippen molar-refractivity contribution in [2.45, 2.75) is 51.5 Å². The van der Waals surface area contributed by atoms with Crippen molar-refractivity contribution in [1.29, 1.82) is 0 Å². The van der Waals surface area contributed by atoms with Crippen molar-refractivity contribution in [2.24, 2.45) is 0 Å². The Morgan fingerprint density at radius 1 is 1.15 bits per heavy atom. The van der Waals surface area contributed by atoms with E-state index in [4.69, 9.17) is 0 Å². The van der Waals surface area contributed by atoms with E-state index >= 15 is 0 Å². The monoisotopic (exact) mass is 352 g/mol. The number of carbonyl (C=O) groups is 1. The molecule has 1 aliphatic carbocycles. The van der Waals surface area contributed by atoms with E-state index < -0.39 is 0 Å². The highest BCUT2D eigenvalue weighted by Gasteiger charge is 2.26. The molecule has 1 aliphatic heterocycles. The molecule has 1 saturated heterocycles. The van der Waals surface area contributed by atoms with Crippen molar-refractivity contribution in [3.8, 4) is 0 Å². The molecule has 2 aliphatic rings. The molecule has 1 amide bonds. The van der Waals surface area contributed by atoms with Gasteiger partial charge < -0.3 is 10.2 Å². The number of rotatable bonds is 3. The third-order valence-corrected chi connectivity index (χ3v) is 5.20. The van der Waals surface area contributed by atoms with Gasteiger partial charge in [-0.1, -0.05) is 0 Å². The van der Waals surface area contributed by atoms with Gasteiger partial charge in [0, 0.05) is 42.8 Å². The predicted molar refractivity (Wildman–Crippen MR) is 98.0 cm³/mol. The molecule has 136 valence electrons. The van der Waals surface area contributed by atoms with Crippen LogP contribution in [0.3, 0.4) is 0 Å².